The van der Waals surface area contributed by atoms with Crippen molar-refractivity contribution in [3.8, 4) is 11.3 Å². The maximum absolute atomic E-state index is 14.3. The number of carbonyl (C=O) groups is 1. The number of H-pyrrole nitrogens is 1. The van der Waals surface area contributed by atoms with Gasteiger partial charge in [-0.15, -0.1) is 0 Å². The van der Waals surface area contributed by atoms with Crippen LogP contribution in [0.1, 0.15) is 18.0 Å². The summed E-state index contributed by atoms with van der Waals surface area (Å²) in [7, 11) is 2.90. The van der Waals surface area contributed by atoms with Gasteiger partial charge >= 0.3 is 5.97 Å². The summed E-state index contributed by atoms with van der Waals surface area (Å²) in [4.78, 5) is 14.7. The topological polar surface area (TPSA) is 54.1 Å². The molecule has 0 fully saturated rings. The molecule has 0 radical (unpaired) electrons. The highest BCUT2D eigenvalue weighted by atomic mass is 19.1. The van der Waals surface area contributed by atoms with E-state index in [1.807, 2.05) is 0 Å². The van der Waals surface area contributed by atoms with Crippen LogP contribution in [-0.2, 0) is 9.53 Å². The first-order valence-electron chi connectivity index (χ1n) is 7.95. The Balaban J connectivity index is 2.27. The lowest BCUT2D eigenvalue weighted by Crippen LogP contribution is -2.21. The van der Waals surface area contributed by atoms with Crippen LogP contribution in [0, 0.1) is 17.5 Å². The van der Waals surface area contributed by atoms with Gasteiger partial charge in [0.2, 0.25) is 0 Å². The zero-order valence-corrected chi connectivity index (χ0v) is 14.2. The standard InChI is InChI=1S/C19H17F3N2O2/c1-23-15(9-16(25)26-2)17-13-7-12(21)8-14(22)19(13)24-18(17)10-3-5-11(20)6-4-10/h3-8,15,23-24H,9H2,1-2H3. The molecule has 0 spiro atoms. The number of hydrogen-bond donors (Lipinski definition) is 2. The van der Waals surface area contributed by atoms with Gasteiger partial charge in [-0.1, -0.05) is 0 Å². The van der Waals surface area contributed by atoms with Gasteiger partial charge in [0, 0.05) is 23.1 Å². The van der Waals surface area contributed by atoms with Gasteiger partial charge in [0.15, 0.2) is 0 Å². The van der Waals surface area contributed by atoms with Crippen molar-refractivity contribution in [2.75, 3.05) is 14.2 Å². The quantitative estimate of drug-likeness (QED) is 0.673. The van der Waals surface area contributed by atoms with Crippen molar-refractivity contribution in [3.63, 3.8) is 0 Å². The Bertz CT molecular complexity index is 952. The van der Waals surface area contributed by atoms with Crippen molar-refractivity contribution >= 4 is 16.9 Å². The zero-order valence-electron chi connectivity index (χ0n) is 14.2. The van der Waals surface area contributed by atoms with E-state index in [0.717, 1.165) is 6.07 Å². The number of esters is 1. The first kappa shape index (κ1) is 18.0. The van der Waals surface area contributed by atoms with Crippen LogP contribution in [0.3, 0.4) is 0 Å². The number of aromatic amines is 1. The molecule has 0 aliphatic heterocycles. The van der Waals surface area contributed by atoms with Gasteiger partial charge in [-0.05, 0) is 42.9 Å². The van der Waals surface area contributed by atoms with Crippen LogP contribution >= 0.6 is 0 Å². The minimum Gasteiger partial charge on any atom is -0.469 e. The molecule has 0 amide bonds. The number of hydrogen-bond acceptors (Lipinski definition) is 3. The molecular formula is C19H17F3N2O2. The lowest BCUT2D eigenvalue weighted by molar-refractivity contribution is -0.141. The minimum atomic E-state index is -0.748. The molecule has 1 aromatic heterocycles. The number of aromatic nitrogens is 1. The highest BCUT2D eigenvalue weighted by Gasteiger charge is 2.25. The molecule has 0 aliphatic carbocycles. The summed E-state index contributed by atoms with van der Waals surface area (Å²) in [6.45, 7) is 0. The average Bonchev–Trinajstić information content (AvgIpc) is 2.99. The number of fused-ring (bicyclic) bond motifs is 1. The Labute approximate surface area is 148 Å². The van der Waals surface area contributed by atoms with Crippen LogP contribution in [0.5, 0.6) is 0 Å². The third kappa shape index (κ3) is 3.30. The van der Waals surface area contributed by atoms with Crippen LogP contribution in [0.25, 0.3) is 22.2 Å². The molecule has 2 aromatic carbocycles. The van der Waals surface area contributed by atoms with Gasteiger partial charge in [0.05, 0.1) is 24.7 Å². The average molecular weight is 362 g/mol. The summed E-state index contributed by atoms with van der Waals surface area (Å²) in [5.74, 6) is -2.36. The molecule has 0 bridgehead atoms. The van der Waals surface area contributed by atoms with Gasteiger partial charge in [0.1, 0.15) is 17.5 Å². The molecule has 4 nitrogen and oxygen atoms in total. The number of ether oxygens (including phenoxy) is 1. The lowest BCUT2D eigenvalue weighted by atomic mass is 9.96. The molecule has 1 heterocycles. The number of halogens is 3. The number of nitrogens with one attached hydrogen (secondary N) is 2. The van der Waals surface area contributed by atoms with E-state index in [-0.39, 0.29) is 11.9 Å². The van der Waals surface area contributed by atoms with E-state index in [0.29, 0.717) is 22.2 Å². The summed E-state index contributed by atoms with van der Waals surface area (Å²) >= 11 is 0. The highest BCUT2D eigenvalue weighted by Crippen LogP contribution is 2.37. The van der Waals surface area contributed by atoms with Gasteiger partial charge in [0.25, 0.3) is 0 Å². The van der Waals surface area contributed by atoms with Gasteiger partial charge < -0.3 is 15.0 Å². The van der Waals surface area contributed by atoms with E-state index >= 15 is 0 Å². The summed E-state index contributed by atoms with van der Waals surface area (Å²) in [6.07, 6.45) is -0.0354. The Morgan fingerprint density at radius 3 is 2.46 bits per heavy atom. The predicted molar refractivity (Wildman–Crippen MR) is 92.0 cm³/mol. The number of rotatable bonds is 5. The minimum absolute atomic E-state index is 0.0354. The third-order valence-corrected chi connectivity index (χ3v) is 4.29. The van der Waals surface area contributed by atoms with Gasteiger partial charge in [-0.2, -0.15) is 0 Å². The van der Waals surface area contributed by atoms with Crippen LogP contribution < -0.4 is 5.32 Å². The molecule has 0 saturated carbocycles. The van der Waals surface area contributed by atoms with E-state index in [2.05, 4.69) is 10.3 Å². The second-order valence-corrected chi connectivity index (χ2v) is 5.85. The number of benzene rings is 2. The number of methoxy groups -OCH3 is 1. The van der Waals surface area contributed by atoms with Crippen molar-refractivity contribution in [2.24, 2.45) is 0 Å². The molecule has 26 heavy (non-hydrogen) atoms. The van der Waals surface area contributed by atoms with E-state index in [4.69, 9.17) is 4.74 Å². The first-order valence-corrected chi connectivity index (χ1v) is 7.95. The second-order valence-electron chi connectivity index (χ2n) is 5.85. The van der Waals surface area contributed by atoms with Crippen molar-refractivity contribution in [1.82, 2.24) is 10.3 Å². The molecule has 3 aromatic rings. The SMILES string of the molecule is CNC(CC(=O)OC)c1c(-c2ccc(F)cc2)[nH]c2c(F)cc(F)cc12. The Kier molecular flexibility index (Phi) is 4.99. The molecule has 3 rings (SSSR count). The monoisotopic (exact) mass is 362 g/mol. The fraction of sp³-hybridized carbons (Fsp3) is 0.211. The highest BCUT2D eigenvalue weighted by molar-refractivity contribution is 5.92. The molecule has 0 aliphatic rings. The Hall–Kier alpha value is -2.80. The molecule has 1 atom stereocenters. The Morgan fingerprint density at radius 2 is 1.85 bits per heavy atom. The molecule has 2 N–H and O–H groups in total. The molecule has 1 unspecified atom stereocenters. The maximum atomic E-state index is 14.3. The summed E-state index contributed by atoms with van der Waals surface area (Å²) < 4.78 is 46.1. The van der Waals surface area contributed by atoms with Crippen molar-refractivity contribution in [2.45, 2.75) is 12.5 Å². The first-order chi connectivity index (χ1) is 12.4. The summed E-state index contributed by atoms with van der Waals surface area (Å²) in [5.41, 5.74) is 1.69. The summed E-state index contributed by atoms with van der Waals surface area (Å²) in [5, 5.41) is 3.29. The fourth-order valence-electron chi connectivity index (χ4n) is 3.04. The largest absolute Gasteiger partial charge is 0.469 e. The Morgan fingerprint density at radius 1 is 1.15 bits per heavy atom. The third-order valence-electron chi connectivity index (χ3n) is 4.29. The zero-order chi connectivity index (χ0) is 18.8. The van der Waals surface area contributed by atoms with E-state index in [9.17, 15) is 18.0 Å². The van der Waals surface area contributed by atoms with Crippen LogP contribution in [0.2, 0.25) is 0 Å². The van der Waals surface area contributed by atoms with Crippen LogP contribution in [-0.4, -0.2) is 25.1 Å². The van der Waals surface area contributed by atoms with E-state index in [1.54, 1.807) is 7.05 Å². The van der Waals surface area contributed by atoms with Crippen molar-refractivity contribution in [1.29, 1.82) is 0 Å². The maximum Gasteiger partial charge on any atom is 0.307 e. The van der Waals surface area contributed by atoms with Crippen molar-refractivity contribution < 1.29 is 22.7 Å². The van der Waals surface area contributed by atoms with Crippen LogP contribution in [0.15, 0.2) is 36.4 Å². The second kappa shape index (κ2) is 7.21. The van der Waals surface area contributed by atoms with E-state index in [1.165, 1.54) is 37.4 Å². The number of carbonyl (C=O) groups excluding carboxylic acids is 1. The van der Waals surface area contributed by atoms with Crippen molar-refractivity contribution in [3.05, 3.63) is 59.4 Å². The smallest absolute Gasteiger partial charge is 0.307 e. The summed E-state index contributed by atoms with van der Waals surface area (Å²) in [6, 6.07) is 7.04. The predicted octanol–water partition coefficient (Wildman–Crippen LogP) is 4.08. The molecule has 0 saturated heterocycles. The molecule has 136 valence electrons. The van der Waals surface area contributed by atoms with Gasteiger partial charge in [-0.3, -0.25) is 4.79 Å². The van der Waals surface area contributed by atoms with Gasteiger partial charge in [-0.25, -0.2) is 13.2 Å². The molecule has 7 heteroatoms. The molecular weight excluding hydrogens is 345 g/mol. The lowest BCUT2D eigenvalue weighted by Gasteiger charge is -2.17. The normalized spacial score (nSPS) is 12.3. The van der Waals surface area contributed by atoms with E-state index < -0.39 is 29.5 Å². The fourth-order valence-corrected chi connectivity index (χ4v) is 3.04. The van der Waals surface area contributed by atoms with Crippen LogP contribution in [0.4, 0.5) is 13.2 Å².